The minimum absolute atomic E-state index is 0. The molecule has 3 aromatic rings. The second-order valence-corrected chi connectivity index (χ2v) is 8.22. The minimum atomic E-state index is 0. The van der Waals surface area contributed by atoms with Crippen LogP contribution in [0.25, 0.3) is 0 Å². The number of rotatable bonds is 6. The molecule has 1 unspecified atom stereocenters. The van der Waals surface area contributed by atoms with Crippen molar-refractivity contribution in [3.05, 3.63) is 107 Å². The van der Waals surface area contributed by atoms with Crippen LogP contribution in [0.1, 0.15) is 28.7 Å². The van der Waals surface area contributed by atoms with Crippen molar-refractivity contribution in [3.63, 3.8) is 0 Å². The van der Waals surface area contributed by atoms with Gasteiger partial charge < -0.3 is 9.64 Å². The molecule has 3 heteroatoms. The third-order valence-corrected chi connectivity index (χ3v) is 6.32. The third-order valence-electron chi connectivity index (χ3n) is 6.32. The minimum Gasteiger partial charge on any atom is -0.493 e. The third kappa shape index (κ3) is 4.66. The summed E-state index contributed by atoms with van der Waals surface area (Å²) in [6.07, 6.45) is 3.41. The monoisotopic (exact) mass is 566 g/mol. The molecule has 2 aliphatic heterocycles. The van der Waals surface area contributed by atoms with E-state index in [9.17, 15) is 0 Å². The van der Waals surface area contributed by atoms with E-state index in [2.05, 4.69) is 83.8 Å². The molecule has 2 aliphatic rings. The van der Waals surface area contributed by atoms with Crippen molar-refractivity contribution in [1.29, 1.82) is 0 Å². The summed E-state index contributed by atoms with van der Waals surface area (Å²) in [5.41, 5.74) is 5.55. The van der Waals surface area contributed by atoms with Crippen molar-refractivity contribution in [2.45, 2.75) is 19.3 Å². The predicted octanol–water partition coefficient (Wildman–Crippen LogP) is 5.15. The Bertz CT molecular complexity index is 904. The number of ether oxygens (including phenoxy) is 1. The van der Waals surface area contributed by atoms with Gasteiger partial charge in [-0.1, -0.05) is 48.5 Å². The Hall–Kier alpha value is -2.02. The first-order valence-corrected chi connectivity index (χ1v) is 10.8. The molecular formula is C27H28NOW-. The topological polar surface area (TPSA) is 12.5 Å². The SMILES string of the molecule is [W].c1ccc([C-](c2ccccc2)C2CCN(CCc3ccc4c(c3)CCO4)C2)cc1. The smallest absolute Gasteiger partial charge is 0.122 e. The zero-order chi connectivity index (χ0) is 19.5. The van der Waals surface area contributed by atoms with Gasteiger partial charge in [-0.2, -0.15) is 0 Å². The molecule has 0 amide bonds. The van der Waals surface area contributed by atoms with E-state index in [0.29, 0.717) is 5.92 Å². The van der Waals surface area contributed by atoms with Crippen LogP contribution in [-0.2, 0) is 33.9 Å². The van der Waals surface area contributed by atoms with E-state index in [1.54, 1.807) is 0 Å². The van der Waals surface area contributed by atoms with Crippen molar-refractivity contribution >= 4 is 0 Å². The summed E-state index contributed by atoms with van der Waals surface area (Å²) < 4.78 is 5.64. The van der Waals surface area contributed by atoms with Gasteiger partial charge in [0.05, 0.1) is 6.61 Å². The van der Waals surface area contributed by atoms with Crippen LogP contribution >= 0.6 is 0 Å². The fourth-order valence-corrected chi connectivity index (χ4v) is 4.83. The molecule has 2 heterocycles. The van der Waals surface area contributed by atoms with Gasteiger partial charge in [0.1, 0.15) is 5.75 Å². The van der Waals surface area contributed by atoms with E-state index in [-0.39, 0.29) is 21.1 Å². The maximum absolute atomic E-state index is 5.64. The first kappa shape index (κ1) is 21.2. The molecule has 0 spiro atoms. The first-order chi connectivity index (χ1) is 14.4. The second-order valence-electron chi connectivity index (χ2n) is 8.22. The van der Waals surface area contributed by atoms with Crippen LogP contribution in [-0.4, -0.2) is 31.1 Å². The Balaban J connectivity index is 0.00000218. The molecule has 154 valence electrons. The van der Waals surface area contributed by atoms with Crippen molar-refractivity contribution in [2.75, 3.05) is 26.2 Å². The fourth-order valence-electron chi connectivity index (χ4n) is 4.83. The Labute approximate surface area is 194 Å². The largest absolute Gasteiger partial charge is 0.493 e. The van der Waals surface area contributed by atoms with Crippen LogP contribution in [0.3, 0.4) is 0 Å². The number of benzene rings is 3. The summed E-state index contributed by atoms with van der Waals surface area (Å²) in [6.45, 7) is 4.30. The predicted molar refractivity (Wildman–Crippen MR) is 118 cm³/mol. The molecule has 0 aromatic heterocycles. The van der Waals surface area contributed by atoms with E-state index >= 15 is 0 Å². The molecule has 30 heavy (non-hydrogen) atoms. The Morgan fingerprint density at radius 2 is 1.60 bits per heavy atom. The van der Waals surface area contributed by atoms with Gasteiger partial charge in [0.15, 0.2) is 0 Å². The standard InChI is InChI=1S/C27H28NO.W/c1-3-7-22(8-4-1)27(23-9-5-2-6-10-23)25-14-17-28(20-25)16-13-21-11-12-26-24(19-21)15-18-29-26;/h1-12,19,25H,13-18,20H2;/q-1;. The van der Waals surface area contributed by atoms with E-state index in [4.69, 9.17) is 4.74 Å². The maximum atomic E-state index is 5.64. The Morgan fingerprint density at radius 3 is 2.30 bits per heavy atom. The van der Waals surface area contributed by atoms with Crippen molar-refractivity contribution < 1.29 is 25.8 Å². The first-order valence-electron chi connectivity index (χ1n) is 10.8. The van der Waals surface area contributed by atoms with Crippen LogP contribution in [0.5, 0.6) is 5.75 Å². The second kappa shape index (κ2) is 9.86. The summed E-state index contributed by atoms with van der Waals surface area (Å²) >= 11 is 0. The summed E-state index contributed by atoms with van der Waals surface area (Å²) in [7, 11) is 0. The molecule has 1 atom stereocenters. The maximum Gasteiger partial charge on any atom is 0.122 e. The fraction of sp³-hybridized carbons (Fsp3) is 0.296. The van der Waals surface area contributed by atoms with Gasteiger partial charge in [0.25, 0.3) is 0 Å². The molecular weight excluding hydrogens is 538 g/mol. The van der Waals surface area contributed by atoms with Crippen molar-refractivity contribution in [3.8, 4) is 5.75 Å². The summed E-state index contributed by atoms with van der Waals surface area (Å²) in [4.78, 5) is 2.64. The van der Waals surface area contributed by atoms with Gasteiger partial charge in [0, 0.05) is 34.0 Å². The molecule has 5 rings (SSSR count). The van der Waals surface area contributed by atoms with Crippen LogP contribution < -0.4 is 4.74 Å². The van der Waals surface area contributed by atoms with Gasteiger partial charge in [-0.05, 0) is 49.0 Å². The zero-order valence-corrected chi connectivity index (χ0v) is 20.2. The number of likely N-dealkylation sites (tertiary alicyclic amines) is 1. The Morgan fingerprint density at radius 1 is 0.900 bits per heavy atom. The number of fused-ring (bicyclic) bond motifs is 1. The van der Waals surface area contributed by atoms with Gasteiger partial charge in [-0.25, -0.2) is 0 Å². The van der Waals surface area contributed by atoms with Gasteiger partial charge >= 0.3 is 0 Å². The van der Waals surface area contributed by atoms with Crippen molar-refractivity contribution in [1.82, 2.24) is 4.90 Å². The average molecular weight is 566 g/mol. The number of hydrogen-bond donors (Lipinski definition) is 0. The molecule has 1 fully saturated rings. The molecule has 0 radical (unpaired) electrons. The van der Waals surface area contributed by atoms with E-state index in [0.717, 1.165) is 38.3 Å². The quantitative estimate of drug-likeness (QED) is 0.383. The van der Waals surface area contributed by atoms with Gasteiger partial charge in [0.2, 0.25) is 0 Å². The van der Waals surface area contributed by atoms with Crippen LogP contribution in [0, 0.1) is 11.8 Å². The number of hydrogen-bond acceptors (Lipinski definition) is 2. The summed E-state index contributed by atoms with van der Waals surface area (Å²) in [5, 5.41) is 0. The van der Waals surface area contributed by atoms with Crippen LogP contribution in [0.15, 0.2) is 78.9 Å². The number of nitrogens with zero attached hydrogens (tertiary/aromatic N) is 1. The molecule has 0 N–H and O–H groups in total. The van der Waals surface area contributed by atoms with E-state index in [1.807, 2.05) is 0 Å². The Kier molecular flexibility index (Phi) is 6.97. The zero-order valence-electron chi connectivity index (χ0n) is 17.3. The summed E-state index contributed by atoms with van der Waals surface area (Å²) in [6, 6.07) is 28.6. The van der Waals surface area contributed by atoms with Crippen molar-refractivity contribution in [2.24, 2.45) is 5.92 Å². The van der Waals surface area contributed by atoms with E-state index in [1.165, 1.54) is 41.1 Å². The molecule has 2 nitrogen and oxygen atoms in total. The molecule has 0 saturated carbocycles. The van der Waals surface area contributed by atoms with Crippen LogP contribution in [0.4, 0.5) is 0 Å². The molecule has 0 aliphatic carbocycles. The average Bonchev–Trinajstić information content (AvgIpc) is 3.43. The van der Waals surface area contributed by atoms with Crippen LogP contribution in [0.2, 0.25) is 0 Å². The molecule has 1 saturated heterocycles. The van der Waals surface area contributed by atoms with Gasteiger partial charge in [-0.3, -0.25) is 0 Å². The summed E-state index contributed by atoms with van der Waals surface area (Å²) in [5.74, 6) is 3.18. The molecule has 3 aromatic carbocycles. The molecule has 0 bridgehead atoms. The normalized spacial score (nSPS) is 17.8. The van der Waals surface area contributed by atoms with Gasteiger partial charge in [-0.15, -0.1) is 41.3 Å². The van der Waals surface area contributed by atoms with E-state index < -0.39 is 0 Å².